The van der Waals surface area contributed by atoms with E-state index in [9.17, 15) is 14.4 Å². The van der Waals surface area contributed by atoms with Crippen molar-refractivity contribution in [1.82, 2.24) is 15.5 Å². The summed E-state index contributed by atoms with van der Waals surface area (Å²) in [6.07, 6.45) is -0.413. The molecule has 1 atom stereocenters. The smallest absolute Gasteiger partial charge is 0.318 e. The third-order valence-corrected chi connectivity index (χ3v) is 2.91. The number of nitrogens with one attached hydrogen (secondary N) is 2. The van der Waals surface area contributed by atoms with Crippen LogP contribution in [0.2, 0.25) is 0 Å². The minimum absolute atomic E-state index is 0.278. The minimum atomic E-state index is -1.13. The van der Waals surface area contributed by atoms with E-state index in [0.717, 1.165) is 0 Å². The maximum absolute atomic E-state index is 12.0. The van der Waals surface area contributed by atoms with Crippen molar-refractivity contribution in [3.63, 3.8) is 0 Å². The van der Waals surface area contributed by atoms with Crippen LogP contribution in [0.3, 0.4) is 0 Å². The van der Waals surface area contributed by atoms with Crippen molar-refractivity contribution in [3.8, 4) is 0 Å². The molecule has 0 aromatic carbocycles. The zero-order valence-electron chi connectivity index (χ0n) is 12.0. The van der Waals surface area contributed by atoms with Gasteiger partial charge in [-0.25, -0.2) is 4.79 Å². The van der Waals surface area contributed by atoms with Crippen LogP contribution in [-0.2, 0) is 19.1 Å². The van der Waals surface area contributed by atoms with Crippen molar-refractivity contribution in [1.29, 1.82) is 0 Å². The van der Waals surface area contributed by atoms with Crippen molar-refractivity contribution in [3.05, 3.63) is 0 Å². The number of carbonyl (C=O) groups is 3. The Hall–Kier alpha value is -1.87. The molecule has 9 nitrogen and oxygen atoms in total. The molecule has 0 radical (unpaired) electrons. The van der Waals surface area contributed by atoms with Gasteiger partial charge in [-0.05, 0) is 0 Å². The number of carboxylic acids is 1. The predicted molar refractivity (Wildman–Crippen MR) is 71.9 cm³/mol. The molecule has 1 aliphatic rings. The van der Waals surface area contributed by atoms with Gasteiger partial charge in [-0.1, -0.05) is 0 Å². The molecule has 0 saturated carbocycles. The van der Waals surface area contributed by atoms with Gasteiger partial charge in [-0.2, -0.15) is 0 Å². The normalized spacial score (nSPS) is 18.2. The Morgan fingerprint density at radius 3 is 2.86 bits per heavy atom. The Kier molecular flexibility index (Phi) is 7.48. The van der Waals surface area contributed by atoms with E-state index in [1.54, 1.807) is 7.11 Å². The van der Waals surface area contributed by atoms with Crippen molar-refractivity contribution >= 4 is 17.9 Å². The summed E-state index contributed by atoms with van der Waals surface area (Å²) < 4.78 is 10.00. The summed E-state index contributed by atoms with van der Waals surface area (Å²) in [5.41, 5.74) is 0. The fourth-order valence-electron chi connectivity index (χ4n) is 1.90. The third-order valence-electron chi connectivity index (χ3n) is 2.91. The van der Waals surface area contributed by atoms with Crippen LogP contribution >= 0.6 is 0 Å². The molecule has 21 heavy (non-hydrogen) atoms. The first-order valence-electron chi connectivity index (χ1n) is 6.67. The highest BCUT2D eigenvalue weighted by molar-refractivity contribution is 5.91. The summed E-state index contributed by atoms with van der Waals surface area (Å²) in [5, 5.41) is 14.0. The Balaban J connectivity index is 2.39. The molecule has 3 N–H and O–H groups in total. The second kappa shape index (κ2) is 9.14. The number of urea groups is 1. The first-order valence-corrected chi connectivity index (χ1v) is 6.67. The molecule has 0 aromatic heterocycles. The molecule has 0 aliphatic carbocycles. The highest BCUT2D eigenvalue weighted by Gasteiger charge is 2.34. The quantitative estimate of drug-likeness (QED) is 0.476. The monoisotopic (exact) mass is 303 g/mol. The molecule has 0 bridgehead atoms. The van der Waals surface area contributed by atoms with E-state index in [4.69, 9.17) is 14.6 Å². The van der Waals surface area contributed by atoms with E-state index in [-0.39, 0.29) is 13.1 Å². The molecule has 1 unspecified atom stereocenters. The highest BCUT2D eigenvalue weighted by atomic mass is 16.5. The molecular weight excluding hydrogens is 282 g/mol. The molecule has 0 spiro atoms. The van der Waals surface area contributed by atoms with Gasteiger partial charge in [0.05, 0.1) is 26.2 Å². The van der Waals surface area contributed by atoms with E-state index in [2.05, 4.69) is 10.6 Å². The van der Waals surface area contributed by atoms with Crippen LogP contribution in [0.5, 0.6) is 0 Å². The minimum Gasteiger partial charge on any atom is -0.481 e. The number of piperazine rings is 1. The summed E-state index contributed by atoms with van der Waals surface area (Å²) in [4.78, 5) is 35.7. The maximum Gasteiger partial charge on any atom is 0.318 e. The number of amides is 3. The van der Waals surface area contributed by atoms with Gasteiger partial charge in [-0.15, -0.1) is 0 Å². The lowest BCUT2D eigenvalue weighted by Crippen LogP contribution is -2.60. The average molecular weight is 303 g/mol. The lowest BCUT2D eigenvalue weighted by Gasteiger charge is -2.34. The number of nitrogens with zero attached hydrogens (tertiary/aromatic N) is 1. The molecule has 1 saturated heterocycles. The summed E-state index contributed by atoms with van der Waals surface area (Å²) >= 11 is 0. The number of rotatable bonds is 8. The molecule has 0 aromatic rings. The van der Waals surface area contributed by atoms with E-state index in [0.29, 0.717) is 26.4 Å². The zero-order valence-corrected chi connectivity index (χ0v) is 12.0. The van der Waals surface area contributed by atoms with Crippen molar-refractivity contribution in [2.24, 2.45) is 0 Å². The summed E-state index contributed by atoms with van der Waals surface area (Å²) in [6, 6.07) is -1.45. The SMILES string of the molecule is COCCOCCNC(=O)N1CCNC(=O)C1CC(=O)O. The van der Waals surface area contributed by atoms with Gasteiger partial charge in [0, 0.05) is 26.7 Å². The largest absolute Gasteiger partial charge is 0.481 e. The van der Waals surface area contributed by atoms with Gasteiger partial charge in [-0.3, -0.25) is 9.59 Å². The molecule has 1 heterocycles. The molecule has 3 amide bonds. The summed E-state index contributed by atoms with van der Waals surface area (Å²) in [6.45, 7) is 2.09. The zero-order chi connectivity index (χ0) is 15.7. The van der Waals surface area contributed by atoms with Gasteiger partial charge in [0.2, 0.25) is 5.91 Å². The molecule has 120 valence electrons. The number of carboxylic acid groups (broad SMARTS) is 1. The summed E-state index contributed by atoms with van der Waals surface area (Å²) in [5.74, 6) is -1.58. The van der Waals surface area contributed by atoms with Crippen LogP contribution in [-0.4, -0.2) is 80.5 Å². The lowest BCUT2D eigenvalue weighted by molar-refractivity contribution is -0.142. The number of carbonyl (C=O) groups excluding carboxylic acids is 2. The fourth-order valence-corrected chi connectivity index (χ4v) is 1.90. The topological polar surface area (TPSA) is 117 Å². The van der Waals surface area contributed by atoms with Gasteiger partial charge in [0.25, 0.3) is 0 Å². The van der Waals surface area contributed by atoms with Crippen LogP contribution in [0.1, 0.15) is 6.42 Å². The lowest BCUT2D eigenvalue weighted by atomic mass is 10.1. The molecule has 9 heteroatoms. The van der Waals surface area contributed by atoms with E-state index < -0.39 is 30.4 Å². The van der Waals surface area contributed by atoms with Crippen LogP contribution in [0.25, 0.3) is 0 Å². The van der Waals surface area contributed by atoms with Crippen LogP contribution < -0.4 is 10.6 Å². The fraction of sp³-hybridized carbons (Fsp3) is 0.750. The van der Waals surface area contributed by atoms with Crippen molar-refractivity contribution in [2.75, 3.05) is 46.6 Å². The van der Waals surface area contributed by atoms with Crippen molar-refractivity contribution in [2.45, 2.75) is 12.5 Å². The summed E-state index contributed by atoms with van der Waals surface area (Å²) in [7, 11) is 1.56. The van der Waals surface area contributed by atoms with Gasteiger partial charge in [0.15, 0.2) is 0 Å². The number of hydrogen-bond donors (Lipinski definition) is 3. The molecule has 1 fully saturated rings. The van der Waals surface area contributed by atoms with Gasteiger partial charge >= 0.3 is 12.0 Å². The van der Waals surface area contributed by atoms with Crippen molar-refractivity contribution < 1.29 is 29.0 Å². The van der Waals surface area contributed by atoms with Crippen LogP contribution in [0.4, 0.5) is 4.79 Å². The highest BCUT2D eigenvalue weighted by Crippen LogP contribution is 2.09. The molecule has 1 aliphatic heterocycles. The average Bonchev–Trinajstić information content (AvgIpc) is 2.44. The first kappa shape index (κ1) is 17.2. The Morgan fingerprint density at radius 1 is 1.43 bits per heavy atom. The second-order valence-corrected chi connectivity index (χ2v) is 4.44. The number of hydrogen-bond acceptors (Lipinski definition) is 5. The van der Waals surface area contributed by atoms with E-state index in [1.807, 2.05) is 0 Å². The van der Waals surface area contributed by atoms with Gasteiger partial charge in [0.1, 0.15) is 6.04 Å². The number of aliphatic carboxylic acids is 1. The van der Waals surface area contributed by atoms with E-state index >= 15 is 0 Å². The number of ether oxygens (including phenoxy) is 2. The van der Waals surface area contributed by atoms with E-state index in [1.165, 1.54) is 4.90 Å². The number of methoxy groups -OCH3 is 1. The van der Waals surface area contributed by atoms with Gasteiger partial charge < -0.3 is 30.1 Å². The third kappa shape index (κ3) is 5.96. The standard InChI is InChI=1S/C12H21N3O6/c1-20-6-7-21-5-3-14-12(19)15-4-2-13-11(18)9(15)8-10(16)17/h9H,2-8H2,1H3,(H,13,18)(H,14,19)(H,16,17). The first-order chi connectivity index (χ1) is 10.1. The van der Waals surface area contributed by atoms with Crippen LogP contribution in [0.15, 0.2) is 0 Å². The second-order valence-electron chi connectivity index (χ2n) is 4.44. The Morgan fingerprint density at radius 2 is 2.19 bits per heavy atom. The predicted octanol–water partition coefficient (Wildman–Crippen LogP) is -1.37. The van der Waals surface area contributed by atoms with Crippen LogP contribution in [0, 0.1) is 0 Å². The molecular formula is C12H21N3O6. The maximum atomic E-state index is 12.0. The Bertz CT molecular complexity index is 376. The Labute approximate surface area is 122 Å². The molecule has 1 rings (SSSR count).